The highest BCUT2D eigenvalue weighted by Crippen LogP contribution is 2.27. The minimum atomic E-state index is -0.134. The van der Waals surface area contributed by atoms with Crippen LogP contribution in [0.2, 0.25) is 0 Å². The Morgan fingerprint density at radius 3 is 2.96 bits per heavy atom. The number of aryl methyl sites for hydroxylation is 2. The molecule has 0 radical (unpaired) electrons. The summed E-state index contributed by atoms with van der Waals surface area (Å²) in [4.78, 5) is 18.9. The number of nitrogens with one attached hydrogen (secondary N) is 1. The van der Waals surface area contributed by atoms with E-state index in [9.17, 15) is 4.79 Å². The molecule has 1 aromatic heterocycles. The Morgan fingerprint density at radius 2 is 2.19 bits per heavy atom. The number of carbonyl (C=O) groups excluding carboxylic acids is 1. The Hall–Kier alpha value is -2.82. The van der Waals surface area contributed by atoms with Gasteiger partial charge in [0, 0.05) is 42.7 Å². The first-order chi connectivity index (χ1) is 13.0. The SMILES string of the molecule is COc1c(C)cnc(CNC(=O)/C=C/c2ccc3c(c2)CCCN3C)c1C. The van der Waals surface area contributed by atoms with E-state index in [2.05, 4.69) is 40.4 Å². The van der Waals surface area contributed by atoms with Gasteiger partial charge >= 0.3 is 0 Å². The molecule has 1 N–H and O–H groups in total. The van der Waals surface area contributed by atoms with Crippen molar-refractivity contribution in [1.82, 2.24) is 10.3 Å². The van der Waals surface area contributed by atoms with E-state index < -0.39 is 0 Å². The van der Waals surface area contributed by atoms with E-state index in [0.29, 0.717) is 6.54 Å². The number of pyridine rings is 1. The molecule has 1 aliphatic heterocycles. The quantitative estimate of drug-likeness (QED) is 0.825. The standard InChI is InChI=1S/C22H27N3O2/c1-15-13-23-19(16(2)22(15)27-4)14-24-21(26)10-8-17-7-9-20-18(12-17)6-5-11-25(20)3/h7-10,12-13H,5-6,11,14H2,1-4H3,(H,24,26)/b10-8+. The van der Waals surface area contributed by atoms with Gasteiger partial charge < -0.3 is 15.0 Å². The van der Waals surface area contributed by atoms with Crippen molar-refractivity contribution in [3.63, 3.8) is 0 Å². The number of hydrogen-bond acceptors (Lipinski definition) is 4. The molecule has 0 atom stereocenters. The third kappa shape index (κ3) is 4.30. The number of carbonyl (C=O) groups is 1. The number of rotatable bonds is 5. The average Bonchev–Trinajstić information content (AvgIpc) is 2.66. The third-order valence-electron chi connectivity index (χ3n) is 5.06. The van der Waals surface area contributed by atoms with Gasteiger partial charge in [-0.2, -0.15) is 0 Å². The van der Waals surface area contributed by atoms with Gasteiger partial charge in [0.15, 0.2) is 0 Å². The molecular formula is C22H27N3O2. The summed E-state index contributed by atoms with van der Waals surface area (Å²) in [6.45, 7) is 5.39. The molecule has 27 heavy (non-hydrogen) atoms. The summed E-state index contributed by atoms with van der Waals surface area (Å²) in [6, 6.07) is 6.37. The number of fused-ring (bicyclic) bond motifs is 1. The average molecular weight is 365 g/mol. The van der Waals surface area contributed by atoms with Gasteiger partial charge in [-0.3, -0.25) is 9.78 Å². The zero-order valence-corrected chi connectivity index (χ0v) is 16.5. The monoisotopic (exact) mass is 365 g/mol. The molecule has 1 aromatic carbocycles. The van der Waals surface area contributed by atoms with E-state index in [0.717, 1.165) is 41.1 Å². The lowest BCUT2D eigenvalue weighted by Gasteiger charge is -2.27. The normalized spacial score (nSPS) is 13.6. The minimum absolute atomic E-state index is 0.134. The molecule has 1 amide bonds. The first kappa shape index (κ1) is 19.0. The third-order valence-corrected chi connectivity index (χ3v) is 5.06. The van der Waals surface area contributed by atoms with Gasteiger partial charge in [0.05, 0.1) is 19.3 Å². The van der Waals surface area contributed by atoms with E-state index in [-0.39, 0.29) is 5.91 Å². The van der Waals surface area contributed by atoms with Crippen LogP contribution in [0.5, 0.6) is 5.75 Å². The molecule has 0 bridgehead atoms. The largest absolute Gasteiger partial charge is 0.496 e. The van der Waals surface area contributed by atoms with Crippen molar-refractivity contribution >= 4 is 17.7 Å². The molecular weight excluding hydrogens is 338 g/mol. The maximum atomic E-state index is 12.2. The highest BCUT2D eigenvalue weighted by molar-refractivity contribution is 5.91. The van der Waals surface area contributed by atoms with Crippen molar-refractivity contribution in [2.24, 2.45) is 0 Å². The van der Waals surface area contributed by atoms with E-state index in [1.165, 1.54) is 17.7 Å². The van der Waals surface area contributed by atoms with Crippen LogP contribution < -0.4 is 15.0 Å². The smallest absolute Gasteiger partial charge is 0.244 e. The van der Waals surface area contributed by atoms with Gasteiger partial charge in [-0.15, -0.1) is 0 Å². The van der Waals surface area contributed by atoms with Crippen LogP contribution in [-0.4, -0.2) is 31.6 Å². The van der Waals surface area contributed by atoms with Crippen LogP contribution in [0.25, 0.3) is 6.08 Å². The van der Waals surface area contributed by atoms with Gasteiger partial charge in [0.1, 0.15) is 5.75 Å². The van der Waals surface area contributed by atoms with Crippen LogP contribution >= 0.6 is 0 Å². The maximum absolute atomic E-state index is 12.2. The van der Waals surface area contributed by atoms with Gasteiger partial charge in [-0.25, -0.2) is 0 Å². The molecule has 0 saturated carbocycles. The molecule has 3 rings (SSSR count). The number of benzene rings is 1. The fourth-order valence-electron chi connectivity index (χ4n) is 3.56. The van der Waals surface area contributed by atoms with E-state index in [1.54, 1.807) is 19.4 Å². The molecule has 5 heteroatoms. The summed E-state index contributed by atoms with van der Waals surface area (Å²) in [5, 5.41) is 2.90. The zero-order chi connectivity index (χ0) is 19.4. The number of hydrogen-bond donors (Lipinski definition) is 1. The topological polar surface area (TPSA) is 54.5 Å². The Labute approximate surface area is 161 Å². The lowest BCUT2D eigenvalue weighted by atomic mass is 9.99. The van der Waals surface area contributed by atoms with Crippen molar-refractivity contribution < 1.29 is 9.53 Å². The molecule has 1 aliphatic rings. The van der Waals surface area contributed by atoms with Crippen molar-refractivity contribution in [3.8, 4) is 5.75 Å². The highest BCUT2D eigenvalue weighted by atomic mass is 16.5. The first-order valence-electron chi connectivity index (χ1n) is 9.28. The van der Waals surface area contributed by atoms with Crippen molar-refractivity contribution in [3.05, 3.63) is 58.4 Å². The number of anilines is 1. The molecule has 0 fully saturated rings. The second-order valence-corrected chi connectivity index (χ2v) is 7.01. The van der Waals surface area contributed by atoms with Crippen LogP contribution in [0, 0.1) is 13.8 Å². The van der Waals surface area contributed by atoms with E-state index in [4.69, 9.17) is 4.74 Å². The summed E-state index contributed by atoms with van der Waals surface area (Å²) in [6.07, 6.45) is 7.47. The maximum Gasteiger partial charge on any atom is 0.244 e. The number of methoxy groups -OCH3 is 1. The van der Waals surface area contributed by atoms with Crippen LogP contribution in [-0.2, 0) is 17.8 Å². The molecule has 0 unspecified atom stereocenters. The fourth-order valence-corrected chi connectivity index (χ4v) is 3.56. The van der Waals surface area contributed by atoms with Gasteiger partial charge in [0.2, 0.25) is 5.91 Å². The van der Waals surface area contributed by atoms with Crippen LogP contribution in [0.1, 0.15) is 34.4 Å². The van der Waals surface area contributed by atoms with Crippen LogP contribution in [0.4, 0.5) is 5.69 Å². The molecule has 2 aromatic rings. The second-order valence-electron chi connectivity index (χ2n) is 7.01. The van der Waals surface area contributed by atoms with Gasteiger partial charge in [-0.05, 0) is 56.0 Å². The van der Waals surface area contributed by atoms with Gasteiger partial charge in [-0.1, -0.05) is 6.07 Å². The Morgan fingerprint density at radius 1 is 1.37 bits per heavy atom. The molecule has 0 spiro atoms. The van der Waals surface area contributed by atoms with Crippen LogP contribution in [0.3, 0.4) is 0 Å². The Kier molecular flexibility index (Phi) is 5.79. The number of ether oxygens (including phenoxy) is 1. The molecule has 2 heterocycles. The van der Waals surface area contributed by atoms with Crippen molar-refractivity contribution in [2.75, 3.05) is 25.6 Å². The summed E-state index contributed by atoms with van der Waals surface area (Å²) in [5.41, 5.74) is 6.45. The van der Waals surface area contributed by atoms with Gasteiger partial charge in [0.25, 0.3) is 0 Å². The number of aromatic nitrogens is 1. The Balaban J connectivity index is 1.63. The second kappa shape index (κ2) is 8.25. The fraction of sp³-hybridized carbons (Fsp3) is 0.364. The van der Waals surface area contributed by atoms with E-state index >= 15 is 0 Å². The van der Waals surface area contributed by atoms with Crippen LogP contribution in [0.15, 0.2) is 30.5 Å². The minimum Gasteiger partial charge on any atom is -0.496 e. The lowest BCUT2D eigenvalue weighted by Crippen LogP contribution is -2.24. The summed E-state index contributed by atoms with van der Waals surface area (Å²) < 4.78 is 5.41. The molecule has 0 saturated heterocycles. The molecule has 142 valence electrons. The first-order valence-corrected chi connectivity index (χ1v) is 9.28. The number of amides is 1. The summed E-state index contributed by atoms with van der Waals surface area (Å²) in [5.74, 6) is 0.689. The van der Waals surface area contributed by atoms with E-state index in [1.807, 2.05) is 19.9 Å². The Bertz CT molecular complexity index is 874. The predicted molar refractivity (Wildman–Crippen MR) is 109 cm³/mol. The molecule has 5 nitrogen and oxygen atoms in total. The highest BCUT2D eigenvalue weighted by Gasteiger charge is 2.13. The summed E-state index contributed by atoms with van der Waals surface area (Å²) in [7, 11) is 3.77. The summed E-state index contributed by atoms with van der Waals surface area (Å²) >= 11 is 0. The van der Waals surface area contributed by atoms with Crippen molar-refractivity contribution in [2.45, 2.75) is 33.2 Å². The molecule has 0 aliphatic carbocycles. The zero-order valence-electron chi connectivity index (χ0n) is 16.5. The van der Waals surface area contributed by atoms with Crippen molar-refractivity contribution in [1.29, 1.82) is 0 Å². The lowest BCUT2D eigenvalue weighted by molar-refractivity contribution is -0.116. The predicted octanol–water partition coefficient (Wildman–Crippen LogP) is 3.42. The number of nitrogens with zero attached hydrogens (tertiary/aromatic N) is 2.